The topological polar surface area (TPSA) is 55.6 Å². The van der Waals surface area contributed by atoms with Crippen molar-refractivity contribution in [1.82, 2.24) is 4.90 Å². The molecular formula is C19H21BrN2O2. The lowest BCUT2D eigenvalue weighted by molar-refractivity contribution is -0.138. The van der Waals surface area contributed by atoms with Gasteiger partial charge in [-0.2, -0.15) is 0 Å². The van der Waals surface area contributed by atoms with Crippen LogP contribution in [-0.4, -0.2) is 30.4 Å². The molecule has 2 unspecified atom stereocenters. The number of nitrogens with two attached hydrogens (primary N) is 1. The van der Waals surface area contributed by atoms with Gasteiger partial charge in [0, 0.05) is 18.7 Å². The third-order valence-electron chi connectivity index (χ3n) is 4.34. The lowest BCUT2D eigenvalue weighted by Gasteiger charge is -2.25. The number of carbonyl (C=O) groups is 1. The minimum absolute atomic E-state index is 0.00657. The van der Waals surface area contributed by atoms with Crippen molar-refractivity contribution in [2.24, 2.45) is 11.7 Å². The number of rotatable bonds is 5. The Hall–Kier alpha value is -1.85. The van der Waals surface area contributed by atoms with Gasteiger partial charge in [-0.1, -0.05) is 42.5 Å². The number of halogens is 1. The molecule has 2 aromatic carbocycles. The van der Waals surface area contributed by atoms with Crippen molar-refractivity contribution in [3.8, 4) is 5.75 Å². The summed E-state index contributed by atoms with van der Waals surface area (Å²) in [6, 6.07) is 17.2. The van der Waals surface area contributed by atoms with Gasteiger partial charge in [0.2, 0.25) is 6.10 Å². The number of benzene rings is 2. The summed E-state index contributed by atoms with van der Waals surface area (Å²) in [4.78, 5) is 14.9. The van der Waals surface area contributed by atoms with Crippen molar-refractivity contribution in [2.75, 3.05) is 19.6 Å². The van der Waals surface area contributed by atoms with E-state index in [1.54, 1.807) is 0 Å². The lowest BCUT2D eigenvalue weighted by Crippen LogP contribution is -2.36. The molecule has 0 spiro atoms. The predicted octanol–water partition coefficient (Wildman–Crippen LogP) is 3.38. The molecule has 0 aromatic heterocycles. The van der Waals surface area contributed by atoms with Gasteiger partial charge >= 0.3 is 0 Å². The maximum Gasteiger partial charge on any atom is 0.268 e. The SMILES string of the molecule is NCC1CCN(C(=O)C(Oc2ccccc2Br)c2ccccc2)C1. The zero-order valence-electron chi connectivity index (χ0n) is 13.4. The zero-order chi connectivity index (χ0) is 16.9. The number of likely N-dealkylation sites (tertiary alicyclic amines) is 1. The summed E-state index contributed by atoms with van der Waals surface area (Å²) in [6.07, 6.45) is 0.306. The predicted molar refractivity (Wildman–Crippen MR) is 97.7 cm³/mol. The molecule has 1 fully saturated rings. The first-order valence-corrected chi connectivity index (χ1v) is 8.93. The van der Waals surface area contributed by atoms with Gasteiger partial charge in [-0.15, -0.1) is 0 Å². The Labute approximate surface area is 150 Å². The second-order valence-electron chi connectivity index (χ2n) is 6.01. The van der Waals surface area contributed by atoms with Crippen molar-refractivity contribution in [2.45, 2.75) is 12.5 Å². The van der Waals surface area contributed by atoms with Gasteiger partial charge in [0.25, 0.3) is 5.91 Å². The van der Waals surface area contributed by atoms with Crippen LogP contribution in [0.4, 0.5) is 0 Å². The fraction of sp³-hybridized carbons (Fsp3) is 0.316. The third kappa shape index (κ3) is 3.79. The van der Waals surface area contributed by atoms with E-state index in [9.17, 15) is 4.79 Å². The van der Waals surface area contributed by atoms with Crippen molar-refractivity contribution in [1.29, 1.82) is 0 Å². The highest BCUT2D eigenvalue weighted by molar-refractivity contribution is 9.10. The summed E-state index contributed by atoms with van der Waals surface area (Å²) >= 11 is 3.48. The van der Waals surface area contributed by atoms with Crippen molar-refractivity contribution < 1.29 is 9.53 Å². The molecule has 1 aliphatic rings. The molecule has 0 aliphatic carbocycles. The first-order chi connectivity index (χ1) is 11.7. The van der Waals surface area contributed by atoms with Crippen LogP contribution < -0.4 is 10.5 Å². The van der Waals surface area contributed by atoms with E-state index >= 15 is 0 Å². The molecule has 4 nitrogen and oxygen atoms in total. The number of para-hydroxylation sites is 1. The van der Waals surface area contributed by atoms with E-state index in [2.05, 4.69) is 15.9 Å². The Morgan fingerprint density at radius 2 is 1.92 bits per heavy atom. The van der Waals surface area contributed by atoms with Crippen LogP contribution in [-0.2, 0) is 4.79 Å². The molecule has 5 heteroatoms. The largest absolute Gasteiger partial charge is 0.475 e. The van der Waals surface area contributed by atoms with E-state index in [1.165, 1.54) is 0 Å². The van der Waals surface area contributed by atoms with E-state index in [1.807, 2.05) is 59.5 Å². The number of amides is 1. The van der Waals surface area contributed by atoms with Crippen LogP contribution in [0.15, 0.2) is 59.1 Å². The quantitative estimate of drug-likeness (QED) is 0.853. The number of carbonyl (C=O) groups excluding carboxylic acids is 1. The van der Waals surface area contributed by atoms with E-state index in [4.69, 9.17) is 10.5 Å². The fourth-order valence-electron chi connectivity index (χ4n) is 2.95. The van der Waals surface area contributed by atoms with Gasteiger partial charge in [-0.05, 0) is 46.9 Å². The van der Waals surface area contributed by atoms with Crippen LogP contribution in [0.1, 0.15) is 18.1 Å². The van der Waals surface area contributed by atoms with Crippen molar-refractivity contribution in [3.63, 3.8) is 0 Å². The van der Waals surface area contributed by atoms with Crippen LogP contribution in [0.3, 0.4) is 0 Å². The van der Waals surface area contributed by atoms with E-state index in [-0.39, 0.29) is 5.91 Å². The molecule has 0 radical (unpaired) electrons. The summed E-state index contributed by atoms with van der Waals surface area (Å²) in [6.45, 7) is 2.06. The highest BCUT2D eigenvalue weighted by Gasteiger charge is 2.32. The Morgan fingerprint density at radius 1 is 1.21 bits per heavy atom. The molecule has 1 aliphatic heterocycles. The van der Waals surface area contributed by atoms with E-state index < -0.39 is 6.10 Å². The molecule has 24 heavy (non-hydrogen) atoms. The summed E-state index contributed by atoms with van der Waals surface area (Å²) < 4.78 is 6.94. The highest BCUT2D eigenvalue weighted by Crippen LogP contribution is 2.31. The minimum atomic E-state index is -0.651. The van der Waals surface area contributed by atoms with Crippen LogP contribution in [0.25, 0.3) is 0 Å². The molecule has 1 heterocycles. The molecule has 1 amide bonds. The minimum Gasteiger partial charge on any atom is -0.475 e. The number of nitrogens with zero attached hydrogens (tertiary/aromatic N) is 1. The molecular weight excluding hydrogens is 368 g/mol. The molecule has 0 saturated carbocycles. The molecule has 2 atom stereocenters. The number of ether oxygens (including phenoxy) is 1. The number of hydrogen-bond donors (Lipinski definition) is 1. The zero-order valence-corrected chi connectivity index (χ0v) is 15.0. The van der Waals surface area contributed by atoms with Gasteiger partial charge in [0.15, 0.2) is 0 Å². The summed E-state index contributed by atoms with van der Waals surface area (Å²) in [5.41, 5.74) is 6.61. The van der Waals surface area contributed by atoms with Gasteiger partial charge in [-0.3, -0.25) is 4.79 Å². The molecule has 0 bridgehead atoms. The molecule has 2 aromatic rings. The van der Waals surface area contributed by atoms with Crippen LogP contribution >= 0.6 is 15.9 Å². The van der Waals surface area contributed by atoms with Crippen LogP contribution in [0.5, 0.6) is 5.75 Å². The third-order valence-corrected chi connectivity index (χ3v) is 4.99. The first-order valence-electron chi connectivity index (χ1n) is 8.14. The Kier molecular flexibility index (Phi) is 5.53. The second kappa shape index (κ2) is 7.81. The fourth-order valence-corrected chi connectivity index (χ4v) is 3.33. The van der Waals surface area contributed by atoms with E-state index in [0.29, 0.717) is 24.8 Å². The summed E-state index contributed by atoms with van der Waals surface area (Å²) in [5, 5.41) is 0. The van der Waals surface area contributed by atoms with Crippen LogP contribution in [0, 0.1) is 5.92 Å². The smallest absolute Gasteiger partial charge is 0.268 e. The lowest BCUT2D eigenvalue weighted by atomic mass is 10.1. The Morgan fingerprint density at radius 3 is 2.58 bits per heavy atom. The first kappa shape index (κ1) is 17.0. The maximum atomic E-state index is 13.1. The van der Waals surface area contributed by atoms with Crippen molar-refractivity contribution >= 4 is 21.8 Å². The second-order valence-corrected chi connectivity index (χ2v) is 6.87. The molecule has 3 rings (SSSR count). The normalized spacial score (nSPS) is 18.4. The average Bonchev–Trinajstić information content (AvgIpc) is 3.10. The summed E-state index contributed by atoms with van der Waals surface area (Å²) in [7, 11) is 0. The molecule has 126 valence electrons. The van der Waals surface area contributed by atoms with Gasteiger partial charge < -0.3 is 15.4 Å². The van der Waals surface area contributed by atoms with Gasteiger partial charge in [0.05, 0.1) is 4.47 Å². The molecule has 1 saturated heterocycles. The van der Waals surface area contributed by atoms with Crippen LogP contribution in [0.2, 0.25) is 0 Å². The van der Waals surface area contributed by atoms with E-state index in [0.717, 1.165) is 23.0 Å². The molecule has 2 N–H and O–H groups in total. The average molecular weight is 389 g/mol. The van der Waals surface area contributed by atoms with Gasteiger partial charge in [-0.25, -0.2) is 0 Å². The monoisotopic (exact) mass is 388 g/mol. The standard InChI is InChI=1S/C19H21BrN2O2/c20-16-8-4-5-9-17(16)24-18(15-6-2-1-3-7-15)19(23)22-11-10-14(12-21)13-22/h1-9,14,18H,10-13,21H2. The van der Waals surface area contributed by atoms with Crippen molar-refractivity contribution in [3.05, 3.63) is 64.6 Å². The highest BCUT2D eigenvalue weighted by atomic mass is 79.9. The Balaban J connectivity index is 1.85. The van der Waals surface area contributed by atoms with Gasteiger partial charge in [0.1, 0.15) is 5.75 Å². The Bertz CT molecular complexity index is 693. The summed E-state index contributed by atoms with van der Waals surface area (Å²) in [5.74, 6) is 1.04. The number of hydrogen-bond acceptors (Lipinski definition) is 3. The maximum absolute atomic E-state index is 13.1.